The first kappa shape index (κ1) is 20.4. The van der Waals surface area contributed by atoms with Gasteiger partial charge in [-0.3, -0.25) is 4.79 Å². The first-order chi connectivity index (χ1) is 13.8. The fourth-order valence-electron chi connectivity index (χ4n) is 2.80. The van der Waals surface area contributed by atoms with Crippen LogP contribution < -0.4 is 10.6 Å². The maximum Gasteiger partial charge on any atom is 0.405 e. The van der Waals surface area contributed by atoms with E-state index in [-0.39, 0.29) is 17.7 Å². The highest BCUT2D eigenvalue weighted by Crippen LogP contribution is 2.25. The highest BCUT2D eigenvalue weighted by Gasteiger charge is 2.27. The summed E-state index contributed by atoms with van der Waals surface area (Å²) in [6.45, 7) is 1.46. The zero-order chi connectivity index (χ0) is 21.0. The molecule has 0 fully saturated rings. The largest absolute Gasteiger partial charge is 0.405 e. The molecule has 0 bridgehead atoms. The average Bonchev–Trinajstić information content (AvgIpc) is 3.14. The Labute approximate surface area is 165 Å². The standard InChI is InChI=1S/C19H21F3N6O/c1-3-10-28(2)17(29)12-4-6-13(7-5-12)25-18-26-15-14(8-9-23-15)16(27-18)24-11-19(20,21)22/h4-9H,3,10-11H2,1-2H3,(H3,23,24,25,26,27). The number of anilines is 3. The number of alkyl halides is 3. The molecule has 0 unspecified atom stereocenters. The highest BCUT2D eigenvalue weighted by molar-refractivity contribution is 5.94. The topological polar surface area (TPSA) is 85.9 Å². The van der Waals surface area contributed by atoms with Gasteiger partial charge in [-0.05, 0) is 36.8 Å². The molecule has 0 aliphatic heterocycles. The van der Waals surface area contributed by atoms with Crippen molar-refractivity contribution in [2.45, 2.75) is 19.5 Å². The highest BCUT2D eigenvalue weighted by atomic mass is 19.4. The maximum atomic E-state index is 12.6. The van der Waals surface area contributed by atoms with Gasteiger partial charge in [-0.1, -0.05) is 6.92 Å². The Morgan fingerprint density at radius 3 is 2.55 bits per heavy atom. The van der Waals surface area contributed by atoms with Gasteiger partial charge in [0.15, 0.2) is 0 Å². The van der Waals surface area contributed by atoms with Crippen LogP contribution >= 0.6 is 0 Å². The van der Waals surface area contributed by atoms with Crippen molar-refractivity contribution in [3.63, 3.8) is 0 Å². The van der Waals surface area contributed by atoms with Gasteiger partial charge in [0, 0.05) is 31.0 Å². The van der Waals surface area contributed by atoms with E-state index in [0.717, 1.165) is 6.42 Å². The molecule has 1 aromatic carbocycles. The van der Waals surface area contributed by atoms with E-state index in [1.54, 1.807) is 48.5 Å². The minimum Gasteiger partial charge on any atom is -0.360 e. The summed E-state index contributed by atoms with van der Waals surface area (Å²) in [5.41, 5.74) is 1.55. The van der Waals surface area contributed by atoms with Crippen LogP contribution in [-0.2, 0) is 0 Å². The van der Waals surface area contributed by atoms with E-state index in [2.05, 4.69) is 25.6 Å². The third-order valence-electron chi connectivity index (χ3n) is 4.17. The summed E-state index contributed by atoms with van der Waals surface area (Å²) in [4.78, 5) is 25.2. The Morgan fingerprint density at radius 1 is 1.17 bits per heavy atom. The van der Waals surface area contributed by atoms with Gasteiger partial charge in [0.05, 0.1) is 5.39 Å². The van der Waals surface area contributed by atoms with Gasteiger partial charge in [0.1, 0.15) is 18.0 Å². The lowest BCUT2D eigenvalue weighted by atomic mass is 10.2. The molecular formula is C19H21F3N6O. The van der Waals surface area contributed by atoms with Crippen LogP contribution in [0.25, 0.3) is 11.0 Å². The predicted octanol–water partition coefficient (Wildman–Crippen LogP) is 4.16. The molecule has 29 heavy (non-hydrogen) atoms. The molecule has 0 saturated carbocycles. The van der Waals surface area contributed by atoms with E-state index in [1.165, 1.54) is 0 Å². The second-order valence-electron chi connectivity index (χ2n) is 6.53. The van der Waals surface area contributed by atoms with Gasteiger partial charge in [-0.15, -0.1) is 0 Å². The molecule has 0 radical (unpaired) electrons. The Morgan fingerprint density at radius 2 is 1.90 bits per heavy atom. The molecule has 7 nitrogen and oxygen atoms in total. The molecule has 2 aromatic heterocycles. The predicted molar refractivity (Wildman–Crippen MR) is 105 cm³/mol. The molecule has 3 aromatic rings. The van der Waals surface area contributed by atoms with Gasteiger partial charge < -0.3 is 20.5 Å². The van der Waals surface area contributed by atoms with Gasteiger partial charge in [-0.2, -0.15) is 23.1 Å². The third kappa shape index (κ3) is 5.15. The van der Waals surface area contributed by atoms with Crippen LogP contribution in [0.3, 0.4) is 0 Å². The number of halogens is 3. The van der Waals surface area contributed by atoms with Crippen LogP contribution in [0.5, 0.6) is 0 Å². The van der Waals surface area contributed by atoms with Crippen molar-refractivity contribution >= 4 is 34.4 Å². The normalized spacial score (nSPS) is 11.5. The van der Waals surface area contributed by atoms with Gasteiger partial charge in [-0.25, -0.2) is 0 Å². The number of fused-ring (bicyclic) bond motifs is 1. The summed E-state index contributed by atoms with van der Waals surface area (Å²) >= 11 is 0. The van der Waals surface area contributed by atoms with E-state index < -0.39 is 12.7 Å². The lowest BCUT2D eigenvalue weighted by Crippen LogP contribution is -2.27. The molecule has 2 heterocycles. The van der Waals surface area contributed by atoms with Crippen molar-refractivity contribution in [3.05, 3.63) is 42.1 Å². The second-order valence-corrected chi connectivity index (χ2v) is 6.53. The van der Waals surface area contributed by atoms with Crippen molar-refractivity contribution in [3.8, 4) is 0 Å². The van der Waals surface area contributed by atoms with Crippen molar-refractivity contribution < 1.29 is 18.0 Å². The smallest absolute Gasteiger partial charge is 0.360 e. The molecule has 0 atom stereocenters. The monoisotopic (exact) mass is 406 g/mol. The summed E-state index contributed by atoms with van der Waals surface area (Å²) in [6.07, 6.45) is -1.92. The fraction of sp³-hybridized carbons (Fsp3) is 0.316. The van der Waals surface area contributed by atoms with Crippen LogP contribution in [0, 0.1) is 0 Å². The maximum absolute atomic E-state index is 12.6. The number of hydrogen-bond donors (Lipinski definition) is 3. The molecule has 0 spiro atoms. The lowest BCUT2D eigenvalue weighted by molar-refractivity contribution is -0.115. The summed E-state index contributed by atoms with van der Waals surface area (Å²) in [7, 11) is 1.74. The number of H-pyrrole nitrogens is 1. The van der Waals surface area contributed by atoms with Gasteiger partial charge >= 0.3 is 6.18 Å². The zero-order valence-corrected chi connectivity index (χ0v) is 16.0. The van der Waals surface area contributed by atoms with Gasteiger partial charge in [0.2, 0.25) is 5.95 Å². The number of carbonyl (C=O) groups excluding carboxylic acids is 1. The Balaban J connectivity index is 1.78. The lowest BCUT2D eigenvalue weighted by Gasteiger charge is -2.16. The fourth-order valence-corrected chi connectivity index (χ4v) is 2.80. The molecule has 3 N–H and O–H groups in total. The molecule has 0 aliphatic carbocycles. The molecule has 1 amide bonds. The minimum absolute atomic E-state index is 0.0732. The SMILES string of the molecule is CCCN(C)C(=O)c1ccc(Nc2nc(NCC(F)(F)F)c3cc[nH]c3n2)cc1. The number of nitrogens with zero attached hydrogens (tertiary/aromatic N) is 3. The summed E-state index contributed by atoms with van der Waals surface area (Å²) < 4.78 is 37.7. The van der Waals surface area contributed by atoms with Crippen LogP contribution in [0.15, 0.2) is 36.5 Å². The van der Waals surface area contributed by atoms with E-state index in [4.69, 9.17) is 0 Å². The second kappa shape index (κ2) is 8.38. The Bertz CT molecular complexity index is 984. The van der Waals surface area contributed by atoms with Crippen LogP contribution in [-0.4, -0.2) is 52.1 Å². The van der Waals surface area contributed by atoms with Crippen molar-refractivity contribution in [1.29, 1.82) is 0 Å². The molecule has 3 rings (SSSR count). The first-order valence-corrected chi connectivity index (χ1v) is 9.05. The zero-order valence-electron chi connectivity index (χ0n) is 16.0. The average molecular weight is 406 g/mol. The third-order valence-corrected chi connectivity index (χ3v) is 4.17. The van der Waals surface area contributed by atoms with Crippen LogP contribution in [0.1, 0.15) is 23.7 Å². The number of aromatic nitrogens is 3. The van der Waals surface area contributed by atoms with E-state index in [1.807, 2.05) is 6.92 Å². The number of nitrogens with one attached hydrogen (secondary N) is 3. The quantitative estimate of drug-likeness (QED) is 0.549. The van der Waals surface area contributed by atoms with Crippen molar-refractivity contribution in [1.82, 2.24) is 19.9 Å². The van der Waals surface area contributed by atoms with E-state index in [9.17, 15) is 18.0 Å². The van der Waals surface area contributed by atoms with Crippen molar-refractivity contribution in [2.24, 2.45) is 0 Å². The van der Waals surface area contributed by atoms with E-state index in [0.29, 0.717) is 28.8 Å². The number of hydrogen-bond acceptors (Lipinski definition) is 5. The number of amides is 1. The molecule has 154 valence electrons. The van der Waals surface area contributed by atoms with E-state index >= 15 is 0 Å². The molecule has 10 heteroatoms. The van der Waals surface area contributed by atoms with Crippen LogP contribution in [0.4, 0.5) is 30.6 Å². The summed E-state index contributed by atoms with van der Waals surface area (Å²) in [5.74, 6) is 0.122. The number of rotatable bonds is 7. The van der Waals surface area contributed by atoms with Gasteiger partial charge in [0.25, 0.3) is 5.91 Å². The number of benzene rings is 1. The minimum atomic E-state index is -4.37. The molecular weight excluding hydrogens is 385 g/mol. The van der Waals surface area contributed by atoms with Crippen LogP contribution in [0.2, 0.25) is 0 Å². The summed E-state index contributed by atoms with van der Waals surface area (Å²) in [6, 6.07) is 8.33. The Hall–Kier alpha value is -3.30. The number of carbonyl (C=O) groups is 1. The Kier molecular flexibility index (Phi) is 5.90. The number of aromatic amines is 1. The molecule has 0 aliphatic rings. The molecule has 0 saturated heterocycles. The summed E-state index contributed by atoms with van der Waals surface area (Å²) in [5, 5.41) is 5.72. The van der Waals surface area contributed by atoms with Crippen molar-refractivity contribution in [2.75, 3.05) is 30.8 Å². The first-order valence-electron chi connectivity index (χ1n) is 9.05.